The number of H-pyrrole nitrogens is 1. The molecule has 2 saturated heterocycles. The first-order chi connectivity index (χ1) is 7.24. The maximum absolute atomic E-state index is 11.0. The quantitative estimate of drug-likeness (QED) is 0.712. The molecule has 3 rings (SSSR count). The molecule has 3 atom stereocenters. The highest BCUT2D eigenvalue weighted by molar-refractivity contribution is 7.71. The molecule has 0 saturated carbocycles. The number of aromatic nitrogens is 2. The Morgan fingerprint density at radius 2 is 2.40 bits per heavy atom. The largest absolute Gasteiger partial charge is 0.372 e. The number of aromatic amines is 1. The minimum absolute atomic E-state index is 0.105. The summed E-state index contributed by atoms with van der Waals surface area (Å²) in [6.07, 6.45) is 2.75. The van der Waals surface area contributed by atoms with Crippen LogP contribution in [0.15, 0.2) is 17.1 Å². The van der Waals surface area contributed by atoms with E-state index in [-0.39, 0.29) is 24.0 Å². The van der Waals surface area contributed by atoms with E-state index in [2.05, 4.69) is 4.98 Å². The van der Waals surface area contributed by atoms with Gasteiger partial charge in [-0.3, -0.25) is 14.3 Å². The summed E-state index contributed by atoms with van der Waals surface area (Å²) in [7, 11) is 0. The predicted molar refractivity (Wildman–Crippen MR) is 54.2 cm³/mol. The monoisotopic (exact) mass is 226 g/mol. The average molecular weight is 226 g/mol. The fraction of sp³-hybridized carbons (Fsp3) is 0.556. The maximum atomic E-state index is 11.0. The lowest BCUT2D eigenvalue weighted by molar-refractivity contribution is -0.149. The molecule has 3 heterocycles. The van der Waals surface area contributed by atoms with Crippen LogP contribution in [0, 0.1) is 4.77 Å². The highest BCUT2D eigenvalue weighted by Crippen LogP contribution is 2.36. The standard InChI is InChI=1S/C9H10N2O3S/c12-7-1-2-11(9(15)10-7)8-3-5-6(14-8)4-13-5/h1-2,5-6,8H,3-4H2,(H,10,12,15)/t5-,6-,8-/m1/s1. The molecule has 2 aliphatic rings. The Hall–Kier alpha value is -0.980. The highest BCUT2D eigenvalue weighted by atomic mass is 32.1. The van der Waals surface area contributed by atoms with Crippen LogP contribution in [-0.2, 0) is 9.47 Å². The van der Waals surface area contributed by atoms with Gasteiger partial charge in [-0.25, -0.2) is 0 Å². The number of ether oxygens (including phenoxy) is 2. The Morgan fingerprint density at radius 3 is 2.93 bits per heavy atom. The van der Waals surface area contributed by atoms with E-state index in [1.807, 2.05) is 0 Å². The van der Waals surface area contributed by atoms with E-state index in [0.717, 1.165) is 6.42 Å². The van der Waals surface area contributed by atoms with Crippen molar-refractivity contribution in [3.05, 3.63) is 27.4 Å². The smallest absolute Gasteiger partial charge is 0.251 e. The van der Waals surface area contributed by atoms with Gasteiger partial charge in [-0.05, 0) is 12.2 Å². The number of hydrogen-bond donors (Lipinski definition) is 1. The third-order valence-electron chi connectivity index (χ3n) is 2.82. The van der Waals surface area contributed by atoms with Crippen molar-refractivity contribution in [3.8, 4) is 0 Å². The number of rotatable bonds is 1. The molecule has 0 aromatic carbocycles. The van der Waals surface area contributed by atoms with Crippen LogP contribution in [0.1, 0.15) is 12.6 Å². The average Bonchev–Trinajstić information content (AvgIpc) is 2.44. The van der Waals surface area contributed by atoms with E-state index in [1.54, 1.807) is 10.8 Å². The molecule has 15 heavy (non-hydrogen) atoms. The zero-order valence-corrected chi connectivity index (χ0v) is 8.70. The van der Waals surface area contributed by atoms with Crippen molar-refractivity contribution in [2.24, 2.45) is 0 Å². The third-order valence-corrected chi connectivity index (χ3v) is 3.13. The number of fused-ring (bicyclic) bond motifs is 1. The minimum atomic E-state index is -0.187. The van der Waals surface area contributed by atoms with Crippen LogP contribution in [0.4, 0.5) is 0 Å². The van der Waals surface area contributed by atoms with Crippen molar-refractivity contribution in [3.63, 3.8) is 0 Å². The molecule has 0 unspecified atom stereocenters. The number of hydrogen-bond acceptors (Lipinski definition) is 4. The van der Waals surface area contributed by atoms with Crippen molar-refractivity contribution >= 4 is 12.2 Å². The summed E-state index contributed by atoms with van der Waals surface area (Å²) in [5, 5.41) is 0. The van der Waals surface area contributed by atoms with Crippen LogP contribution in [0.3, 0.4) is 0 Å². The highest BCUT2D eigenvalue weighted by Gasteiger charge is 2.43. The molecule has 1 aromatic rings. The first-order valence-electron chi connectivity index (χ1n) is 4.82. The minimum Gasteiger partial charge on any atom is -0.372 e. The van der Waals surface area contributed by atoms with Crippen LogP contribution in [0.5, 0.6) is 0 Å². The zero-order valence-electron chi connectivity index (χ0n) is 7.88. The second-order valence-electron chi connectivity index (χ2n) is 3.75. The first kappa shape index (κ1) is 9.26. The maximum Gasteiger partial charge on any atom is 0.251 e. The van der Waals surface area contributed by atoms with Crippen molar-refractivity contribution < 1.29 is 9.47 Å². The van der Waals surface area contributed by atoms with Crippen LogP contribution < -0.4 is 5.56 Å². The Morgan fingerprint density at radius 1 is 1.53 bits per heavy atom. The summed E-state index contributed by atoms with van der Waals surface area (Å²) in [5.74, 6) is 0. The fourth-order valence-corrected chi connectivity index (χ4v) is 2.23. The topological polar surface area (TPSA) is 56.2 Å². The Bertz CT molecular complexity index is 483. The lowest BCUT2D eigenvalue weighted by Gasteiger charge is -2.28. The molecule has 2 fully saturated rings. The molecule has 5 nitrogen and oxygen atoms in total. The van der Waals surface area contributed by atoms with Gasteiger partial charge in [0.15, 0.2) is 4.77 Å². The van der Waals surface area contributed by atoms with Crippen molar-refractivity contribution in [2.75, 3.05) is 6.61 Å². The molecule has 0 radical (unpaired) electrons. The second kappa shape index (κ2) is 3.26. The van der Waals surface area contributed by atoms with E-state index in [9.17, 15) is 4.79 Å². The van der Waals surface area contributed by atoms with E-state index >= 15 is 0 Å². The summed E-state index contributed by atoms with van der Waals surface area (Å²) >= 11 is 5.06. The van der Waals surface area contributed by atoms with Crippen LogP contribution >= 0.6 is 12.2 Å². The van der Waals surface area contributed by atoms with Gasteiger partial charge in [0.25, 0.3) is 5.56 Å². The van der Waals surface area contributed by atoms with Crippen molar-refractivity contribution in [1.29, 1.82) is 0 Å². The molecule has 80 valence electrons. The van der Waals surface area contributed by atoms with Gasteiger partial charge >= 0.3 is 0 Å². The summed E-state index contributed by atoms with van der Waals surface area (Å²) in [5.41, 5.74) is -0.187. The molecule has 1 aromatic heterocycles. The number of nitrogens with zero attached hydrogens (tertiary/aromatic N) is 1. The Labute approximate surface area is 90.6 Å². The van der Waals surface area contributed by atoms with Crippen molar-refractivity contribution in [1.82, 2.24) is 9.55 Å². The Balaban J connectivity index is 1.93. The molecule has 0 amide bonds. The zero-order chi connectivity index (χ0) is 10.4. The van der Waals surface area contributed by atoms with Gasteiger partial charge in [-0.1, -0.05) is 0 Å². The van der Waals surface area contributed by atoms with Gasteiger partial charge in [0, 0.05) is 18.7 Å². The second-order valence-corrected chi connectivity index (χ2v) is 4.14. The summed E-state index contributed by atoms with van der Waals surface area (Å²) in [6.45, 7) is 0.665. The fourth-order valence-electron chi connectivity index (χ4n) is 1.95. The van der Waals surface area contributed by atoms with Crippen LogP contribution in [-0.4, -0.2) is 28.4 Å². The Kier molecular flexibility index (Phi) is 2.01. The molecule has 0 aliphatic carbocycles. The SMILES string of the molecule is O=c1ccn([C@H]2C[C@H]3OC[C@H]3O2)c(=S)[nH]1. The first-order valence-corrected chi connectivity index (χ1v) is 5.23. The van der Waals surface area contributed by atoms with Gasteiger partial charge in [0.05, 0.1) is 12.7 Å². The third kappa shape index (κ3) is 1.45. The molecular weight excluding hydrogens is 216 g/mol. The van der Waals surface area contributed by atoms with Gasteiger partial charge in [-0.15, -0.1) is 0 Å². The van der Waals surface area contributed by atoms with Crippen LogP contribution in [0.25, 0.3) is 0 Å². The van der Waals surface area contributed by atoms with Crippen molar-refractivity contribution in [2.45, 2.75) is 24.9 Å². The summed E-state index contributed by atoms with van der Waals surface area (Å²) in [4.78, 5) is 13.6. The van der Waals surface area contributed by atoms with Gasteiger partial charge in [-0.2, -0.15) is 0 Å². The molecule has 2 aliphatic heterocycles. The summed E-state index contributed by atoms with van der Waals surface area (Å²) < 4.78 is 13.2. The number of nitrogens with one attached hydrogen (secondary N) is 1. The van der Waals surface area contributed by atoms with Gasteiger partial charge in [0.1, 0.15) is 12.3 Å². The lowest BCUT2D eigenvalue weighted by atomic mass is 10.1. The van der Waals surface area contributed by atoms with Crippen LogP contribution in [0.2, 0.25) is 0 Å². The molecule has 0 bridgehead atoms. The van der Waals surface area contributed by atoms with E-state index in [4.69, 9.17) is 21.7 Å². The van der Waals surface area contributed by atoms with E-state index < -0.39 is 0 Å². The normalized spacial score (nSPS) is 33.5. The molecule has 6 heteroatoms. The molecular formula is C9H10N2O3S. The predicted octanol–water partition coefficient (Wildman–Crippen LogP) is 0.592. The van der Waals surface area contributed by atoms with Gasteiger partial charge < -0.3 is 9.47 Å². The van der Waals surface area contributed by atoms with Gasteiger partial charge in [0.2, 0.25) is 0 Å². The van der Waals surface area contributed by atoms with E-state index in [0.29, 0.717) is 11.4 Å². The summed E-state index contributed by atoms with van der Waals surface area (Å²) in [6, 6.07) is 1.44. The molecule has 0 spiro atoms. The van der Waals surface area contributed by atoms with E-state index in [1.165, 1.54) is 6.07 Å². The molecule has 1 N–H and O–H groups in total. The lowest BCUT2D eigenvalue weighted by Crippen LogP contribution is -2.40.